The molecule has 0 amide bonds. The van der Waals surface area contributed by atoms with E-state index in [1.165, 1.54) is 0 Å². The topological polar surface area (TPSA) is 50.3 Å². The molecule has 0 saturated heterocycles. The first-order valence-corrected chi connectivity index (χ1v) is 9.80. The molecule has 5 nitrogen and oxygen atoms in total. The van der Waals surface area contributed by atoms with Crippen molar-refractivity contribution >= 4 is 45.6 Å². The Labute approximate surface area is 169 Å². The number of para-hydroxylation sites is 1. The second-order valence-corrected chi connectivity index (χ2v) is 6.80. The van der Waals surface area contributed by atoms with Crippen LogP contribution in [-0.4, -0.2) is 46.8 Å². The fourth-order valence-electron chi connectivity index (χ4n) is 2.97. The first-order valence-electron chi connectivity index (χ1n) is 8.73. The van der Waals surface area contributed by atoms with Gasteiger partial charge < -0.3 is 10.1 Å². The van der Waals surface area contributed by atoms with Crippen LogP contribution in [0.4, 0.5) is 11.5 Å². The van der Waals surface area contributed by atoms with Crippen molar-refractivity contribution in [3.63, 3.8) is 0 Å². The van der Waals surface area contributed by atoms with Crippen molar-refractivity contribution in [3.05, 3.63) is 54.4 Å². The summed E-state index contributed by atoms with van der Waals surface area (Å²) in [4.78, 5) is 10.9. The average molecular weight is 405 g/mol. The molecular formula is C20H22Cl2N4O. The van der Waals surface area contributed by atoms with E-state index in [-0.39, 0.29) is 0 Å². The second kappa shape index (κ2) is 9.74. The van der Waals surface area contributed by atoms with Crippen LogP contribution in [0, 0.1) is 0 Å². The number of ether oxygens (including phenoxy) is 1. The number of nitrogens with one attached hydrogen (secondary N) is 1. The smallest absolute Gasteiger partial charge is 0.141 e. The molecule has 1 heterocycles. The van der Waals surface area contributed by atoms with Gasteiger partial charge in [0.25, 0.3) is 0 Å². The van der Waals surface area contributed by atoms with Crippen molar-refractivity contribution in [1.29, 1.82) is 0 Å². The zero-order chi connectivity index (χ0) is 19.1. The SMILES string of the molecule is COc1ccc(Nc2ncnc3ccccc23)cc1CN(CCCl)CCCl. The molecule has 7 heteroatoms. The van der Waals surface area contributed by atoms with E-state index in [1.54, 1.807) is 13.4 Å². The quantitative estimate of drug-likeness (QED) is 0.525. The molecule has 142 valence electrons. The Morgan fingerprint density at radius 2 is 1.81 bits per heavy atom. The van der Waals surface area contributed by atoms with Crippen molar-refractivity contribution in [3.8, 4) is 5.75 Å². The third kappa shape index (κ3) is 5.01. The number of anilines is 2. The maximum Gasteiger partial charge on any atom is 0.141 e. The van der Waals surface area contributed by atoms with Crippen LogP contribution in [0.3, 0.4) is 0 Å². The Hall–Kier alpha value is -2.08. The maximum atomic E-state index is 5.92. The van der Waals surface area contributed by atoms with Crippen LogP contribution in [-0.2, 0) is 6.54 Å². The van der Waals surface area contributed by atoms with Crippen molar-refractivity contribution in [2.75, 3.05) is 37.3 Å². The van der Waals surface area contributed by atoms with E-state index >= 15 is 0 Å². The molecule has 0 atom stereocenters. The van der Waals surface area contributed by atoms with Gasteiger partial charge >= 0.3 is 0 Å². The minimum Gasteiger partial charge on any atom is -0.496 e. The van der Waals surface area contributed by atoms with Crippen molar-refractivity contribution in [2.24, 2.45) is 0 Å². The minimum atomic E-state index is 0.560. The number of hydrogen-bond acceptors (Lipinski definition) is 5. The van der Waals surface area contributed by atoms with Gasteiger partial charge in [0, 0.05) is 48.0 Å². The summed E-state index contributed by atoms with van der Waals surface area (Å²) >= 11 is 11.8. The van der Waals surface area contributed by atoms with Crippen LogP contribution in [0.1, 0.15) is 5.56 Å². The number of alkyl halides is 2. The fourth-order valence-corrected chi connectivity index (χ4v) is 3.45. The lowest BCUT2D eigenvalue weighted by molar-refractivity contribution is 0.292. The third-order valence-corrected chi connectivity index (χ3v) is 4.62. The van der Waals surface area contributed by atoms with E-state index in [0.717, 1.165) is 46.8 Å². The Morgan fingerprint density at radius 3 is 2.56 bits per heavy atom. The minimum absolute atomic E-state index is 0.560. The monoisotopic (exact) mass is 404 g/mol. The van der Waals surface area contributed by atoms with Crippen LogP contribution < -0.4 is 10.1 Å². The summed E-state index contributed by atoms with van der Waals surface area (Å²) in [6, 6.07) is 13.9. The standard InChI is InChI=1S/C20H22Cl2N4O/c1-27-19-7-6-16(12-15(19)13-26(10-8-21)11-9-22)25-20-17-4-2-3-5-18(17)23-14-24-20/h2-7,12,14H,8-11,13H2,1H3,(H,23,24,25). The average Bonchev–Trinajstić information content (AvgIpc) is 2.69. The van der Waals surface area contributed by atoms with Crippen molar-refractivity contribution < 1.29 is 4.74 Å². The van der Waals surface area contributed by atoms with Gasteiger partial charge in [-0.15, -0.1) is 23.2 Å². The normalized spacial score (nSPS) is 11.1. The van der Waals surface area contributed by atoms with Crippen LogP contribution in [0.25, 0.3) is 10.9 Å². The first-order chi connectivity index (χ1) is 13.2. The Balaban J connectivity index is 1.88. The van der Waals surface area contributed by atoms with Crippen molar-refractivity contribution in [2.45, 2.75) is 6.54 Å². The van der Waals surface area contributed by atoms with Gasteiger partial charge in [0.05, 0.1) is 12.6 Å². The van der Waals surface area contributed by atoms with Gasteiger partial charge in [-0.3, -0.25) is 4.90 Å². The predicted molar refractivity (Wildman–Crippen MR) is 113 cm³/mol. The molecule has 0 unspecified atom stereocenters. The summed E-state index contributed by atoms with van der Waals surface area (Å²) in [5, 5.41) is 4.37. The molecule has 3 rings (SSSR count). The zero-order valence-corrected chi connectivity index (χ0v) is 16.7. The molecule has 1 N–H and O–H groups in total. The Kier molecular flexibility index (Phi) is 7.10. The molecule has 3 aromatic rings. The third-order valence-electron chi connectivity index (χ3n) is 4.28. The highest BCUT2D eigenvalue weighted by Crippen LogP contribution is 2.28. The van der Waals surface area contributed by atoms with Gasteiger partial charge in [0.1, 0.15) is 17.9 Å². The first kappa shape index (κ1) is 19.7. The molecule has 0 aliphatic carbocycles. The van der Waals surface area contributed by atoms with Crippen LogP contribution in [0.15, 0.2) is 48.8 Å². The molecule has 1 aromatic heterocycles. The van der Waals surface area contributed by atoms with Crippen LogP contribution >= 0.6 is 23.2 Å². The van der Waals surface area contributed by atoms with Crippen LogP contribution in [0.2, 0.25) is 0 Å². The van der Waals surface area contributed by atoms with Gasteiger partial charge in [-0.05, 0) is 30.3 Å². The highest BCUT2D eigenvalue weighted by Gasteiger charge is 2.11. The fraction of sp³-hybridized carbons (Fsp3) is 0.300. The van der Waals surface area contributed by atoms with E-state index in [1.807, 2.05) is 36.4 Å². The Morgan fingerprint density at radius 1 is 1.04 bits per heavy atom. The zero-order valence-electron chi connectivity index (χ0n) is 15.2. The molecule has 0 spiro atoms. The van der Waals surface area contributed by atoms with Gasteiger partial charge in [0.15, 0.2) is 0 Å². The number of rotatable bonds is 9. The van der Waals surface area contributed by atoms with E-state index < -0.39 is 0 Å². The predicted octanol–water partition coefficient (Wildman–Crippen LogP) is 4.66. The number of nitrogens with zero attached hydrogens (tertiary/aromatic N) is 3. The molecule has 27 heavy (non-hydrogen) atoms. The second-order valence-electron chi connectivity index (χ2n) is 6.05. The molecule has 0 saturated carbocycles. The number of fused-ring (bicyclic) bond motifs is 1. The lowest BCUT2D eigenvalue weighted by Crippen LogP contribution is -2.27. The Bertz CT molecular complexity index is 879. The summed E-state index contributed by atoms with van der Waals surface area (Å²) in [7, 11) is 1.68. The molecule has 0 radical (unpaired) electrons. The molecular weight excluding hydrogens is 383 g/mol. The number of benzene rings is 2. The molecule has 0 fully saturated rings. The molecule has 0 aliphatic heterocycles. The summed E-state index contributed by atoms with van der Waals surface area (Å²) in [5.74, 6) is 2.73. The van der Waals surface area contributed by atoms with E-state index in [9.17, 15) is 0 Å². The van der Waals surface area contributed by atoms with Gasteiger partial charge in [0.2, 0.25) is 0 Å². The summed E-state index contributed by atoms with van der Waals surface area (Å²) in [6.07, 6.45) is 1.57. The molecule has 0 aliphatic rings. The lowest BCUT2D eigenvalue weighted by atomic mass is 10.1. The number of aromatic nitrogens is 2. The van der Waals surface area contributed by atoms with Crippen molar-refractivity contribution in [1.82, 2.24) is 14.9 Å². The largest absolute Gasteiger partial charge is 0.496 e. The maximum absolute atomic E-state index is 5.92. The van der Waals surface area contributed by atoms with E-state index in [2.05, 4.69) is 26.3 Å². The molecule has 0 bridgehead atoms. The number of methoxy groups -OCH3 is 1. The van der Waals surface area contributed by atoms with Gasteiger partial charge in [-0.1, -0.05) is 12.1 Å². The lowest BCUT2D eigenvalue weighted by Gasteiger charge is -2.22. The highest BCUT2D eigenvalue weighted by atomic mass is 35.5. The highest BCUT2D eigenvalue weighted by molar-refractivity contribution is 6.18. The number of hydrogen-bond donors (Lipinski definition) is 1. The van der Waals surface area contributed by atoms with Crippen LogP contribution in [0.5, 0.6) is 5.75 Å². The molecule has 2 aromatic carbocycles. The summed E-state index contributed by atoms with van der Waals surface area (Å²) in [5.41, 5.74) is 2.90. The van der Waals surface area contributed by atoms with Gasteiger partial charge in [-0.2, -0.15) is 0 Å². The number of halogens is 2. The van der Waals surface area contributed by atoms with E-state index in [0.29, 0.717) is 18.3 Å². The summed E-state index contributed by atoms with van der Waals surface area (Å²) < 4.78 is 5.53. The summed E-state index contributed by atoms with van der Waals surface area (Å²) in [6.45, 7) is 2.25. The van der Waals surface area contributed by atoms with E-state index in [4.69, 9.17) is 27.9 Å². The van der Waals surface area contributed by atoms with Gasteiger partial charge in [-0.25, -0.2) is 9.97 Å².